The Hall–Kier alpha value is -4.81. The van der Waals surface area contributed by atoms with Gasteiger partial charge in [0.15, 0.2) is 5.65 Å². The molecule has 9 heteroatoms. The molecule has 8 nitrogen and oxygen atoms in total. The molecule has 0 aliphatic heterocycles. The van der Waals surface area contributed by atoms with Gasteiger partial charge in [-0.2, -0.15) is 16.6 Å². The van der Waals surface area contributed by atoms with Crippen LogP contribution in [0.5, 0.6) is 0 Å². The highest BCUT2D eigenvalue weighted by Crippen LogP contribution is 2.27. The highest BCUT2D eigenvalue weighted by Gasteiger charge is 2.22. The largest absolute Gasteiger partial charge is 0.364 e. The number of primary amides is 1. The summed E-state index contributed by atoms with van der Waals surface area (Å²) >= 11 is 1.48. The average molecular weight is 479 g/mol. The fraction of sp³-hybridized carbons (Fsp3) is 0.0385. The van der Waals surface area contributed by atoms with Gasteiger partial charge in [0.1, 0.15) is 11.4 Å². The number of carbonyl (C=O) groups is 2. The van der Waals surface area contributed by atoms with Crippen LogP contribution >= 0.6 is 11.3 Å². The number of nitrogens with two attached hydrogens (primary N) is 1. The van der Waals surface area contributed by atoms with E-state index in [1.807, 2.05) is 41.1 Å². The molecule has 0 atom stereocenters. The summed E-state index contributed by atoms with van der Waals surface area (Å²) in [5, 5.41) is 15.9. The molecule has 0 radical (unpaired) electrons. The van der Waals surface area contributed by atoms with Crippen molar-refractivity contribution in [1.82, 2.24) is 19.7 Å². The maximum atomic E-state index is 13.0. The van der Waals surface area contributed by atoms with E-state index in [0.717, 1.165) is 16.7 Å². The third kappa shape index (κ3) is 4.14. The molecule has 4 aromatic heterocycles. The Labute approximate surface area is 204 Å². The predicted molar refractivity (Wildman–Crippen MR) is 133 cm³/mol. The Morgan fingerprint density at radius 2 is 1.94 bits per heavy atom. The summed E-state index contributed by atoms with van der Waals surface area (Å²) in [6.07, 6.45) is 3.34. The molecule has 0 fully saturated rings. The molecule has 5 aromatic rings. The number of hydrogen-bond donors (Lipinski definition) is 2. The molecule has 0 saturated carbocycles. The second kappa shape index (κ2) is 9.21. The lowest BCUT2D eigenvalue weighted by Gasteiger charge is -2.08. The maximum Gasteiger partial charge on any atom is 0.268 e. The minimum absolute atomic E-state index is 0.195. The summed E-state index contributed by atoms with van der Waals surface area (Å²) in [6, 6.07) is 18.3. The molecule has 4 heterocycles. The molecular formula is C26H18N6O2S. The van der Waals surface area contributed by atoms with Crippen molar-refractivity contribution in [3.05, 3.63) is 100 Å². The zero-order valence-electron chi connectivity index (χ0n) is 18.3. The lowest BCUT2D eigenvalue weighted by Crippen LogP contribution is -2.24. The molecule has 0 aliphatic carbocycles. The quantitative estimate of drug-likeness (QED) is 0.381. The summed E-state index contributed by atoms with van der Waals surface area (Å²) < 4.78 is 1.55. The molecule has 2 amide bonds. The molecule has 0 spiro atoms. The van der Waals surface area contributed by atoms with Gasteiger partial charge < -0.3 is 11.1 Å². The number of pyridine rings is 2. The van der Waals surface area contributed by atoms with Crippen LogP contribution < -0.4 is 11.1 Å². The van der Waals surface area contributed by atoms with E-state index < -0.39 is 5.91 Å². The van der Waals surface area contributed by atoms with Crippen molar-refractivity contribution in [3.63, 3.8) is 0 Å². The Kier molecular flexibility index (Phi) is 5.79. The van der Waals surface area contributed by atoms with Crippen LogP contribution in [0.25, 0.3) is 28.0 Å². The number of imidazole rings is 1. The van der Waals surface area contributed by atoms with Crippen molar-refractivity contribution >= 4 is 28.8 Å². The van der Waals surface area contributed by atoms with Crippen molar-refractivity contribution in [1.29, 1.82) is 5.26 Å². The second-order valence-electron chi connectivity index (χ2n) is 7.68. The van der Waals surface area contributed by atoms with Gasteiger partial charge in [0.25, 0.3) is 11.8 Å². The summed E-state index contributed by atoms with van der Waals surface area (Å²) in [6.45, 7) is 0.195. The lowest BCUT2D eigenvalue weighted by molar-refractivity contribution is 0.0949. The first kappa shape index (κ1) is 22.0. The third-order valence-electron chi connectivity index (χ3n) is 5.54. The molecule has 170 valence electrons. The zero-order chi connectivity index (χ0) is 24.4. The van der Waals surface area contributed by atoms with Crippen molar-refractivity contribution in [3.8, 4) is 28.5 Å². The Balaban J connectivity index is 1.39. The van der Waals surface area contributed by atoms with E-state index in [1.165, 1.54) is 11.3 Å². The fourth-order valence-electron chi connectivity index (χ4n) is 3.87. The van der Waals surface area contributed by atoms with Crippen molar-refractivity contribution < 1.29 is 9.59 Å². The van der Waals surface area contributed by atoms with Gasteiger partial charge in [-0.3, -0.25) is 19.0 Å². The van der Waals surface area contributed by atoms with Crippen LogP contribution in [0.3, 0.4) is 0 Å². The van der Waals surface area contributed by atoms with E-state index in [9.17, 15) is 14.9 Å². The molecule has 0 aliphatic rings. The number of amides is 2. The predicted octanol–water partition coefficient (Wildman–Crippen LogP) is 4.03. The highest BCUT2D eigenvalue weighted by molar-refractivity contribution is 7.08. The molecule has 3 N–H and O–H groups in total. The molecule has 0 bridgehead atoms. The topological polar surface area (TPSA) is 126 Å². The van der Waals surface area contributed by atoms with E-state index in [1.54, 1.807) is 41.1 Å². The van der Waals surface area contributed by atoms with Crippen molar-refractivity contribution in [2.45, 2.75) is 6.54 Å². The van der Waals surface area contributed by atoms with E-state index in [0.29, 0.717) is 28.2 Å². The minimum atomic E-state index is -0.626. The molecule has 35 heavy (non-hydrogen) atoms. The van der Waals surface area contributed by atoms with Gasteiger partial charge in [-0.15, -0.1) is 0 Å². The van der Waals surface area contributed by atoms with Gasteiger partial charge in [0, 0.05) is 34.5 Å². The van der Waals surface area contributed by atoms with Crippen LogP contribution in [-0.4, -0.2) is 26.2 Å². The van der Waals surface area contributed by atoms with Gasteiger partial charge in [-0.05, 0) is 35.7 Å². The minimum Gasteiger partial charge on any atom is -0.364 e. The summed E-state index contributed by atoms with van der Waals surface area (Å²) in [7, 11) is 0. The summed E-state index contributed by atoms with van der Waals surface area (Å²) in [4.78, 5) is 34.2. The Morgan fingerprint density at radius 1 is 1.09 bits per heavy atom. The lowest BCUT2D eigenvalue weighted by atomic mass is 10.0. The van der Waals surface area contributed by atoms with Gasteiger partial charge in [0.05, 0.1) is 29.4 Å². The monoisotopic (exact) mass is 478 g/mol. The van der Waals surface area contributed by atoms with Gasteiger partial charge in [0.2, 0.25) is 0 Å². The molecule has 0 unspecified atom stereocenters. The highest BCUT2D eigenvalue weighted by atomic mass is 32.1. The van der Waals surface area contributed by atoms with Crippen LogP contribution in [0.1, 0.15) is 32.1 Å². The Morgan fingerprint density at radius 3 is 2.66 bits per heavy atom. The van der Waals surface area contributed by atoms with Crippen molar-refractivity contribution in [2.24, 2.45) is 5.73 Å². The first-order valence-corrected chi connectivity index (χ1v) is 11.6. The molecule has 0 saturated heterocycles. The number of benzene rings is 1. The SMILES string of the molecule is N#Cc1ccccc1-c1ccc(CNC(=O)c2cccn3c(C(N)=O)c(-c4ccsc4)nc23)nc1. The Bertz CT molecular complexity index is 1600. The van der Waals surface area contributed by atoms with Crippen LogP contribution in [0, 0.1) is 11.3 Å². The smallest absolute Gasteiger partial charge is 0.268 e. The normalized spacial score (nSPS) is 10.7. The number of hydrogen-bond acceptors (Lipinski definition) is 6. The van der Waals surface area contributed by atoms with Gasteiger partial charge in [-0.1, -0.05) is 24.3 Å². The van der Waals surface area contributed by atoms with E-state index >= 15 is 0 Å². The standard InChI is InChI=1S/C26H18N6O2S/c27-12-16-4-1-2-5-20(16)17-7-8-19(29-13-17)14-30-26(34)21-6-3-10-32-23(24(28)33)22(31-25(21)32)18-9-11-35-15-18/h1-11,13,15H,14H2,(H2,28,33)(H,30,34). The first-order valence-electron chi connectivity index (χ1n) is 10.6. The molecule has 5 rings (SSSR count). The van der Waals surface area contributed by atoms with Crippen molar-refractivity contribution in [2.75, 3.05) is 0 Å². The number of aromatic nitrogens is 3. The number of nitrogens with zero attached hydrogens (tertiary/aromatic N) is 4. The van der Waals surface area contributed by atoms with Crippen LogP contribution in [-0.2, 0) is 6.54 Å². The third-order valence-corrected chi connectivity index (χ3v) is 6.22. The van der Waals surface area contributed by atoms with Crippen LogP contribution in [0.15, 0.2) is 77.8 Å². The van der Waals surface area contributed by atoms with E-state index in [2.05, 4.69) is 21.4 Å². The van der Waals surface area contributed by atoms with Gasteiger partial charge in [-0.25, -0.2) is 4.98 Å². The number of nitrogens with one attached hydrogen (secondary N) is 1. The molecular weight excluding hydrogens is 460 g/mol. The average Bonchev–Trinajstić information content (AvgIpc) is 3.55. The number of carbonyl (C=O) groups excluding carboxylic acids is 2. The second-order valence-corrected chi connectivity index (χ2v) is 8.46. The number of thiophene rings is 1. The zero-order valence-corrected chi connectivity index (χ0v) is 19.1. The fourth-order valence-corrected chi connectivity index (χ4v) is 4.51. The van der Waals surface area contributed by atoms with Crippen LogP contribution in [0.2, 0.25) is 0 Å². The van der Waals surface area contributed by atoms with E-state index in [4.69, 9.17) is 5.73 Å². The number of nitriles is 1. The first-order chi connectivity index (χ1) is 17.1. The molecule has 1 aromatic carbocycles. The van der Waals surface area contributed by atoms with Crippen LogP contribution in [0.4, 0.5) is 0 Å². The number of fused-ring (bicyclic) bond motifs is 1. The summed E-state index contributed by atoms with van der Waals surface area (Å²) in [5.74, 6) is -0.979. The summed E-state index contributed by atoms with van der Waals surface area (Å²) in [5.41, 5.74) is 10.6. The number of rotatable bonds is 6. The van der Waals surface area contributed by atoms with E-state index in [-0.39, 0.29) is 18.1 Å². The van der Waals surface area contributed by atoms with Gasteiger partial charge >= 0.3 is 0 Å². The maximum absolute atomic E-state index is 13.0.